The summed E-state index contributed by atoms with van der Waals surface area (Å²) in [5.41, 5.74) is 0. The molecule has 1 aliphatic heterocycles. The van der Waals surface area contributed by atoms with Gasteiger partial charge in [-0.05, 0) is 58.7 Å². The van der Waals surface area contributed by atoms with Gasteiger partial charge < -0.3 is 15.7 Å². The molecule has 0 spiro atoms. The standard InChI is InChI=1S/C11H24N2O/c1-9(6-10(2)14)13-8-11-4-3-5-12-7-11/h9-14H,3-8H2,1-2H3. The average molecular weight is 200 g/mol. The molecule has 3 atom stereocenters. The highest BCUT2D eigenvalue weighted by atomic mass is 16.3. The largest absolute Gasteiger partial charge is 0.393 e. The van der Waals surface area contributed by atoms with Crippen molar-refractivity contribution in [3.63, 3.8) is 0 Å². The van der Waals surface area contributed by atoms with E-state index in [4.69, 9.17) is 0 Å². The minimum absolute atomic E-state index is 0.193. The molecule has 3 heteroatoms. The third kappa shape index (κ3) is 4.94. The van der Waals surface area contributed by atoms with Crippen LogP contribution in [0, 0.1) is 5.92 Å². The number of nitrogens with one attached hydrogen (secondary N) is 2. The molecule has 1 aliphatic rings. The van der Waals surface area contributed by atoms with Gasteiger partial charge in [0.2, 0.25) is 0 Å². The fourth-order valence-electron chi connectivity index (χ4n) is 2.06. The van der Waals surface area contributed by atoms with Crippen LogP contribution in [0.25, 0.3) is 0 Å². The van der Waals surface area contributed by atoms with E-state index in [1.165, 1.54) is 19.4 Å². The van der Waals surface area contributed by atoms with Gasteiger partial charge in [-0.1, -0.05) is 0 Å². The minimum Gasteiger partial charge on any atom is -0.393 e. The zero-order valence-electron chi connectivity index (χ0n) is 9.42. The summed E-state index contributed by atoms with van der Waals surface area (Å²) in [4.78, 5) is 0. The molecule has 0 aromatic heterocycles. The normalized spacial score (nSPS) is 27.2. The van der Waals surface area contributed by atoms with Crippen molar-refractivity contribution in [3.05, 3.63) is 0 Å². The fourth-order valence-corrected chi connectivity index (χ4v) is 2.06. The Bertz CT molecular complexity index is 144. The first-order valence-corrected chi connectivity index (χ1v) is 5.80. The molecule has 3 nitrogen and oxygen atoms in total. The smallest absolute Gasteiger partial charge is 0.0526 e. The van der Waals surface area contributed by atoms with Crippen molar-refractivity contribution >= 4 is 0 Å². The molecule has 0 saturated carbocycles. The fraction of sp³-hybridized carbons (Fsp3) is 1.00. The van der Waals surface area contributed by atoms with E-state index in [1.807, 2.05) is 6.92 Å². The Morgan fingerprint density at radius 2 is 2.29 bits per heavy atom. The second kappa shape index (κ2) is 6.38. The van der Waals surface area contributed by atoms with Crippen molar-refractivity contribution in [1.29, 1.82) is 0 Å². The molecule has 1 rings (SSSR count). The number of hydrogen-bond acceptors (Lipinski definition) is 3. The Morgan fingerprint density at radius 3 is 2.86 bits per heavy atom. The topological polar surface area (TPSA) is 44.3 Å². The van der Waals surface area contributed by atoms with Gasteiger partial charge in [-0.15, -0.1) is 0 Å². The SMILES string of the molecule is CC(O)CC(C)NCC1CCCNC1. The molecule has 14 heavy (non-hydrogen) atoms. The highest BCUT2D eigenvalue weighted by Gasteiger charge is 2.14. The zero-order chi connectivity index (χ0) is 10.4. The number of rotatable bonds is 5. The molecule has 1 heterocycles. The van der Waals surface area contributed by atoms with Gasteiger partial charge in [0.1, 0.15) is 0 Å². The van der Waals surface area contributed by atoms with Crippen molar-refractivity contribution < 1.29 is 5.11 Å². The lowest BCUT2D eigenvalue weighted by atomic mass is 9.99. The molecule has 3 unspecified atom stereocenters. The number of hydrogen-bond donors (Lipinski definition) is 3. The Kier molecular flexibility index (Phi) is 5.45. The minimum atomic E-state index is -0.193. The first kappa shape index (κ1) is 12.0. The summed E-state index contributed by atoms with van der Waals surface area (Å²) in [6, 6.07) is 0.428. The van der Waals surface area contributed by atoms with Crippen LogP contribution in [0.15, 0.2) is 0 Å². The van der Waals surface area contributed by atoms with Gasteiger partial charge in [0.05, 0.1) is 6.10 Å². The summed E-state index contributed by atoms with van der Waals surface area (Å²) in [5, 5.41) is 16.1. The molecule has 84 valence electrons. The molecular formula is C11H24N2O. The van der Waals surface area contributed by atoms with Gasteiger partial charge in [0, 0.05) is 6.04 Å². The van der Waals surface area contributed by atoms with Crippen LogP contribution in [0.4, 0.5) is 0 Å². The summed E-state index contributed by atoms with van der Waals surface area (Å²) < 4.78 is 0. The summed E-state index contributed by atoms with van der Waals surface area (Å²) in [6.45, 7) is 7.40. The molecule has 1 saturated heterocycles. The van der Waals surface area contributed by atoms with Crippen LogP contribution >= 0.6 is 0 Å². The number of aliphatic hydroxyl groups is 1. The molecule has 3 N–H and O–H groups in total. The van der Waals surface area contributed by atoms with Crippen LogP contribution in [-0.4, -0.2) is 36.9 Å². The van der Waals surface area contributed by atoms with Crippen LogP contribution in [0.3, 0.4) is 0 Å². The van der Waals surface area contributed by atoms with E-state index in [-0.39, 0.29) is 6.10 Å². The van der Waals surface area contributed by atoms with E-state index in [0.29, 0.717) is 6.04 Å². The quantitative estimate of drug-likeness (QED) is 0.613. The third-order valence-corrected chi connectivity index (χ3v) is 2.85. The average Bonchev–Trinajstić information content (AvgIpc) is 2.15. The molecule has 0 aromatic carbocycles. The van der Waals surface area contributed by atoms with Crippen molar-refractivity contribution in [2.75, 3.05) is 19.6 Å². The summed E-state index contributed by atoms with van der Waals surface area (Å²) in [6.07, 6.45) is 3.29. The Morgan fingerprint density at radius 1 is 1.50 bits per heavy atom. The van der Waals surface area contributed by atoms with E-state index in [0.717, 1.165) is 25.4 Å². The maximum absolute atomic E-state index is 9.21. The lowest BCUT2D eigenvalue weighted by Crippen LogP contribution is -2.39. The van der Waals surface area contributed by atoms with Gasteiger partial charge in [0.15, 0.2) is 0 Å². The molecule has 0 radical (unpaired) electrons. The Hall–Kier alpha value is -0.120. The first-order chi connectivity index (χ1) is 6.68. The summed E-state index contributed by atoms with van der Waals surface area (Å²) in [5.74, 6) is 0.778. The third-order valence-electron chi connectivity index (χ3n) is 2.85. The zero-order valence-corrected chi connectivity index (χ0v) is 9.42. The van der Waals surface area contributed by atoms with E-state index in [1.54, 1.807) is 0 Å². The van der Waals surface area contributed by atoms with E-state index in [9.17, 15) is 5.11 Å². The summed E-state index contributed by atoms with van der Waals surface area (Å²) in [7, 11) is 0. The molecule has 0 amide bonds. The monoisotopic (exact) mass is 200 g/mol. The molecule has 0 bridgehead atoms. The second-order valence-corrected chi connectivity index (χ2v) is 4.61. The number of aliphatic hydroxyl groups excluding tert-OH is 1. The molecule has 0 aromatic rings. The van der Waals surface area contributed by atoms with E-state index >= 15 is 0 Å². The van der Waals surface area contributed by atoms with Crippen LogP contribution in [0.5, 0.6) is 0 Å². The maximum atomic E-state index is 9.21. The highest BCUT2D eigenvalue weighted by molar-refractivity contribution is 4.73. The molecule has 1 fully saturated rings. The van der Waals surface area contributed by atoms with E-state index in [2.05, 4.69) is 17.6 Å². The van der Waals surface area contributed by atoms with Crippen LogP contribution in [0.2, 0.25) is 0 Å². The van der Waals surface area contributed by atoms with Crippen molar-refractivity contribution in [3.8, 4) is 0 Å². The lowest BCUT2D eigenvalue weighted by Gasteiger charge is -2.25. The van der Waals surface area contributed by atoms with Crippen LogP contribution in [0.1, 0.15) is 33.1 Å². The van der Waals surface area contributed by atoms with Crippen LogP contribution in [-0.2, 0) is 0 Å². The molecule has 0 aliphatic carbocycles. The van der Waals surface area contributed by atoms with Crippen LogP contribution < -0.4 is 10.6 Å². The van der Waals surface area contributed by atoms with Crippen molar-refractivity contribution in [2.45, 2.75) is 45.3 Å². The predicted molar refractivity (Wildman–Crippen MR) is 59.4 cm³/mol. The van der Waals surface area contributed by atoms with Crippen molar-refractivity contribution in [1.82, 2.24) is 10.6 Å². The lowest BCUT2D eigenvalue weighted by molar-refractivity contribution is 0.169. The Labute approximate surface area is 87.3 Å². The highest BCUT2D eigenvalue weighted by Crippen LogP contribution is 2.09. The second-order valence-electron chi connectivity index (χ2n) is 4.61. The number of piperidine rings is 1. The van der Waals surface area contributed by atoms with Gasteiger partial charge >= 0.3 is 0 Å². The summed E-state index contributed by atoms with van der Waals surface area (Å²) >= 11 is 0. The van der Waals surface area contributed by atoms with E-state index < -0.39 is 0 Å². The maximum Gasteiger partial charge on any atom is 0.0526 e. The van der Waals surface area contributed by atoms with Crippen molar-refractivity contribution in [2.24, 2.45) is 5.92 Å². The van der Waals surface area contributed by atoms with Gasteiger partial charge in [-0.25, -0.2) is 0 Å². The van der Waals surface area contributed by atoms with Gasteiger partial charge in [0.25, 0.3) is 0 Å². The Balaban J connectivity index is 2.06. The first-order valence-electron chi connectivity index (χ1n) is 5.80. The van der Waals surface area contributed by atoms with Gasteiger partial charge in [-0.2, -0.15) is 0 Å². The van der Waals surface area contributed by atoms with Gasteiger partial charge in [-0.3, -0.25) is 0 Å². The molecular weight excluding hydrogens is 176 g/mol. The predicted octanol–water partition coefficient (Wildman–Crippen LogP) is 0.735.